The summed E-state index contributed by atoms with van der Waals surface area (Å²) in [5.41, 5.74) is 4.42. The van der Waals surface area contributed by atoms with E-state index in [1.165, 1.54) is 24.0 Å². The molecule has 2 aliphatic rings. The van der Waals surface area contributed by atoms with E-state index in [0.29, 0.717) is 28.5 Å². The number of benzene rings is 2. The average molecular weight is 385 g/mol. The van der Waals surface area contributed by atoms with Crippen LogP contribution in [-0.2, 0) is 22.9 Å². The van der Waals surface area contributed by atoms with Crippen molar-refractivity contribution in [3.05, 3.63) is 59.2 Å². The summed E-state index contributed by atoms with van der Waals surface area (Å²) in [6.45, 7) is 5.31. The second-order valence-electron chi connectivity index (χ2n) is 8.18. The second-order valence-corrected chi connectivity index (χ2v) is 9.87. The van der Waals surface area contributed by atoms with Gasteiger partial charge in [-0.1, -0.05) is 32.0 Å². The summed E-state index contributed by atoms with van der Waals surface area (Å²) < 4.78 is 28.3. The molecule has 0 saturated carbocycles. The predicted molar refractivity (Wildman–Crippen MR) is 110 cm³/mol. The topological polar surface area (TPSA) is 58.2 Å². The molecule has 1 saturated heterocycles. The predicted octanol–water partition coefficient (Wildman–Crippen LogP) is 4.08. The van der Waals surface area contributed by atoms with Gasteiger partial charge in [-0.05, 0) is 85.0 Å². The highest BCUT2D eigenvalue weighted by Crippen LogP contribution is 2.33. The molecule has 0 radical (unpaired) electrons. The number of rotatable bonds is 4. The average Bonchev–Trinajstić information content (AvgIpc) is 2.66. The maximum absolute atomic E-state index is 12.8. The molecule has 2 aromatic rings. The van der Waals surface area contributed by atoms with Crippen molar-refractivity contribution < 1.29 is 8.42 Å². The number of anilines is 1. The van der Waals surface area contributed by atoms with Crippen molar-refractivity contribution in [1.29, 1.82) is 0 Å². The van der Waals surface area contributed by atoms with Crippen LogP contribution in [0.25, 0.3) is 0 Å². The van der Waals surface area contributed by atoms with E-state index in [2.05, 4.69) is 30.0 Å². The van der Waals surface area contributed by atoms with E-state index < -0.39 is 10.0 Å². The van der Waals surface area contributed by atoms with Gasteiger partial charge in [-0.3, -0.25) is 4.72 Å². The molecular formula is C22H28N2O2S. The number of sulfonamides is 1. The van der Waals surface area contributed by atoms with E-state index in [-0.39, 0.29) is 0 Å². The standard InChI is InChI=1S/C22H28N2O2S/c1-15(2)16-6-9-21(10-7-16)27(25,26)24-20-8-5-17-14-22-18(4-3-11-23-22)12-19(17)13-20/h5-10,13,15,18,22-24H,3-4,11-12,14H2,1-2H3. The van der Waals surface area contributed by atoms with Crippen molar-refractivity contribution in [2.45, 2.75) is 56.4 Å². The van der Waals surface area contributed by atoms with E-state index in [9.17, 15) is 8.42 Å². The number of nitrogens with one attached hydrogen (secondary N) is 2. The minimum absolute atomic E-state index is 0.307. The van der Waals surface area contributed by atoms with E-state index in [0.717, 1.165) is 24.9 Å². The Morgan fingerprint density at radius 3 is 2.56 bits per heavy atom. The van der Waals surface area contributed by atoms with Gasteiger partial charge in [0.25, 0.3) is 10.0 Å². The highest BCUT2D eigenvalue weighted by Gasteiger charge is 2.30. The van der Waals surface area contributed by atoms with Gasteiger partial charge in [-0.2, -0.15) is 0 Å². The summed E-state index contributed by atoms with van der Waals surface area (Å²) in [5.74, 6) is 1.05. The monoisotopic (exact) mass is 384 g/mol. The molecule has 4 rings (SSSR count). The van der Waals surface area contributed by atoms with E-state index >= 15 is 0 Å². The minimum Gasteiger partial charge on any atom is -0.313 e. The van der Waals surface area contributed by atoms with Crippen molar-refractivity contribution in [3.63, 3.8) is 0 Å². The molecule has 4 nitrogen and oxygen atoms in total. The molecule has 1 aliphatic heterocycles. The van der Waals surface area contributed by atoms with Gasteiger partial charge in [0, 0.05) is 11.7 Å². The molecule has 1 fully saturated rings. The van der Waals surface area contributed by atoms with Crippen LogP contribution >= 0.6 is 0 Å². The third-order valence-electron chi connectivity index (χ3n) is 5.96. The Morgan fingerprint density at radius 2 is 1.81 bits per heavy atom. The lowest BCUT2D eigenvalue weighted by Crippen LogP contribution is -2.45. The molecule has 0 spiro atoms. The highest BCUT2D eigenvalue weighted by molar-refractivity contribution is 7.92. The van der Waals surface area contributed by atoms with Crippen molar-refractivity contribution in [2.24, 2.45) is 5.92 Å². The molecule has 1 heterocycles. The molecular weight excluding hydrogens is 356 g/mol. The fourth-order valence-corrected chi connectivity index (χ4v) is 5.40. The molecule has 0 aromatic heterocycles. The molecule has 2 atom stereocenters. The Morgan fingerprint density at radius 1 is 1.04 bits per heavy atom. The smallest absolute Gasteiger partial charge is 0.261 e. The Kier molecular flexibility index (Phi) is 4.99. The number of hydrogen-bond donors (Lipinski definition) is 2. The lowest BCUT2D eigenvalue weighted by molar-refractivity contribution is 0.263. The summed E-state index contributed by atoms with van der Waals surface area (Å²) in [6, 6.07) is 13.7. The zero-order valence-corrected chi connectivity index (χ0v) is 16.9. The highest BCUT2D eigenvalue weighted by atomic mass is 32.2. The lowest BCUT2D eigenvalue weighted by Gasteiger charge is -2.37. The fraction of sp³-hybridized carbons (Fsp3) is 0.455. The third kappa shape index (κ3) is 3.90. The van der Waals surface area contributed by atoms with Gasteiger partial charge in [-0.25, -0.2) is 8.42 Å². The molecule has 1 aliphatic carbocycles. The van der Waals surface area contributed by atoms with Crippen LogP contribution in [0.2, 0.25) is 0 Å². The lowest BCUT2D eigenvalue weighted by atomic mass is 9.76. The van der Waals surface area contributed by atoms with E-state index in [4.69, 9.17) is 0 Å². The first-order valence-corrected chi connectivity index (χ1v) is 11.4. The van der Waals surface area contributed by atoms with Crippen LogP contribution in [0.3, 0.4) is 0 Å². The van der Waals surface area contributed by atoms with Crippen LogP contribution in [-0.4, -0.2) is 21.0 Å². The van der Waals surface area contributed by atoms with Gasteiger partial charge < -0.3 is 5.32 Å². The molecule has 2 unspecified atom stereocenters. The number of hydrogen-bond acceptors (Lipinski definition) is 3. The van der Waals surface area contributed by atoms with Crippen LogP contribution in [0, 0.1) is 5.92 Å². The molecule has 2 N–H and O–H groups in total. The van der Waals surface area contributed by atoms with Crippen molar-refractivity contribution in [3.8, 4) is 0 Å². The van der Waals surface area contributed by atoms with Crippen LogP contribution in [0.5, 0.6) is 0 Å². The Balaban J connectivity index is 1.54. The number of fused-ring (bicyclic) bond motifs is 2. The quantitative estimate of drug-likeness (QED) is 0.835. The molecule has 0 amide bonds. The van der Waals surface area contributed by atoms with Crippen molar-refractivity contribution in [2.75, 3.05) is 11.3 Å². The summed E-state index contributed by atoms with van der Waals surface area (Å²) >= 11 is 0. The maximum Gasteiger partial charge on any atom is 0.261 e. The van der Waals surface area contributed by atoms with Gasteiger partial charge in [0.15, 0.2) is 0 Å². The Labute approximate surface area is 162 Å². The van der Waals surface area contributed by atoms with Crippen molar-refractivity contribution >= 4 is 15.7 Å². The first kappa shape index (κ1) is 18.5. The molecule has 144 valence electrons. The molecule has 2 aromatic carbocycles. The van der Waals surface area contributed by atoms with Crippen LogP contribution in [0.4, 0.5) is 5.69 Å². The molecule has 27 heavy (non-hydrogen) atoms. The summed E-state index contributed by atoms with van der Waals surface area (Å²) in [5, 5.41) is 3.64. The van der Waals surface area contributed by atoms with Crippen molar-refractivity contribution in [1.82, 2.24) is 5.32 Å². The SMILES string of the molecule is CC(C)c1ccc(S(=O)(=O)Nc2ccc3c(c2)CC2CCCNC2C3)cc1. The van der Waals surface area contributed by atoms with E-state index in [1.807, 2.05) is 24.3 Å². The zero-order valence-electron chi connectivity index (χ0n) is 16.0. The fourth-order valence-electron chi connectivity index (χ4n) is 4.35. The van der Waals surface area contributed by atoms with Gasteiger partial charge in [0.1, 0.15) is 0 Å². The first-order valence-electron chi connectivity index (χ1n) is 9.90. The molecule has 0 bridgehead atoms. The van der Waals surface area contributed by atoms with Crippen LogP contribution in [0.1, 0.15) is 49.3 Å². The first-order chi connectivity index (χ1) is 12.9. The minimum atomic E-state index is -3.57. The van der Waals surface area contributed by atoms with Crippen LogP contribution in [0.15, 0.2) is 47.4 Å². The van der Waals surface area contributed by atoms with E-state index in [1.54, 1.807) is 12.1 Å². The summed E-state index contributed by atoms with van der Waals surface area (Å²) in [6.07, 6.45) is 4.57. The Bertz CT molecular complexity index is 920. The normalized spacial score (nSPS) is 22.2. The number of piperidine rings is 1. The van der Waals surface area contributed by atoms with Gasteiger partial charge in [0.2, 0.25) is 0 Å². The second kappa shape index (κ2) is 7.28. The van der Waals surface area contributed by atoms with Crippen LogP contribution < -0.4 is 10.0 Å². The Hall–Kier alpha value is -1.85. The summed E-state index contributed by atoms with van der Waals surface area (Å²) in [7, 11) is -3.57. The molecule has 5 heteroatoms. The maximum atomic E-state index is 12.8. The largest absolute Gasteiger partial charge is 0.313 e. The van der Waals surface area contributed by atoms with Gasteiger partial charge in [-0.15, -0.1) is 0 Å². The van der Waals surface area contributed by atoms with Gasteiger partial charge in [0.05, 0.1) is 4.90 Å². The third-order valence-corrected chi connectivity index (χ3v) is 7.36. The summed E-state index contributed by atoms with van der Waals surface area (Å²) in [4.78, 5) is 0.307. The zero-order chi connectivity index (χ0) is 19.0. The van der Waals surface area contributed by atoms with Gasteiger partial charge >= 0.3 is 0 Å².